The first-order valence-electron chi connectivity index (χ1n) is 23.0. The number of cyclic esters (lactones) is 1. The summed E-state index contributed by atoms with van der Waals surface area (Å²) in [7, 11) is -5.42. The summed E-state index contributed by atoms with van der Waals surface area (Å²) in [5.41, 5.74) is 0. The molecule has 2 rings (SSSR count). The van der Waals surface area contributed by atoms with Crippen molar-refractivity contribution in [3.8, 4) is 0 Å². The Kier molecular flexibility index (Phi) is 28.7. The third-order valence-electron chi connectivity index (χ3n) is 11.5. The van der Waals surface area contributed by atoms with Gasteiger partial charge in [0.25, 0.3) is 0 Å². The number of aliphatic hydroxyl groups is 8. The summed E-state index contributed by atoms with van der Waals surface area (Å²) < 4.78 is 34.4. The number of phosphoric acid groups is 1. The molecule has 0 radical (unpaired) electrons. The number of rotatable bonds is 23. The molecular formula is C45H79O16P. The molecule has 2 bridgehead atoms. The number of carbonyl (C=O) groups excluding carboxylic acids is 2. The lowest BCUT2D eigenvalue weighted by Gasteiger charge is -2.37. The van der Waals surface area contributed by atoms with Crippen molar-refractivity contribution >= 4 is 19.8 Å². The molecule has 0 saturated heterocycles. The molecule has 2 aliphatic rings. The van der Waals surface area contributed by atoms with E-state index in [-0.39, 0.29) is 19.3 Å². The van der Waals surface area contributed by atoms with Crippen LogP contribution in [0.5, 0.6) is 0 Å². The lowest BCUT2D eigenvalue weighted by molar-refractivity contribution is -0.167. The van der Waals surface area contributed by atoms with Crippen molar-refractivity contribution in [2.75, 3.05) is 13.2 Å². The van der Waals surface area contributed by atoms with Crippen LogP contribution in [-0.2, 0) is 32.7 Å². The number of unbranched alkanes of at least 4 members (excludes halogenated alkanes) is 13. The Hall–Kier alpha value is -2.05. The largest absolute Gasteiger partial charge is 0.472 e. The van der Waals surface area contributed by atoms with E-state index in [1.165, 1.54) is 50.0 Å². The summed E-state index contributed by atoms with van der Waals surface area (Å²) in [6.45, 7) is 2.78. The molecule has 360 valence electrons. The Morgan fingerprint density at radius 1 is 0.790 bits per heavy atom. The topological polar surface area (TPSA) is 270 Å². The zero-order valence-corrected chi connectivity index (χ0v) is 37.9. The van der Waals surface area contributed by atoms with Gasteiger partial charge in [-0.25, -0.2) is 4.57 Å². The highest BCUT2D eigenvalue weighted by molar-refractivity contribution is 7.47. The lowest BCUT2D eigenvalue weighted by atomic mass is 9.83. The SMILES string of the molecule is CCCCCC/C=C\CCCCCCCCCC(=O)OC[C@@H]1COP(=O)(O)O[C@H]2[C@H](O)[C@@H](O)[C@H](O)[C@H](C/C=C\CC(=O)O1)[C@@H](O)C[C@@H](O)[C@H](/C=C\[C@H](O)CCCCC)[C@@H](O)[C@H]2O. The summed E-state index contributed by atoms with van der Waals surface area (Å²) in [4.78, 5) is 36.3. The smallest absolute Gasteiger partial charge is 0.462 e. The molecule has 0 aromatic rings. The molecule has 1 saturated carbocycles. The standard InChI is InChI=1S/C45H79O16P/c1-3-5-7-8-9-10-11-12-13-14-15-16-17-18-20-25-38(49)58-30-33-31-59-62(56,57)61-45-43(54)41(52)35(28-27-32(46)23-19-6-4-2)37(48)29-36(47)34(40(51)42(53)44(45)55)24-21-22-26-39(50)60-33/h10-11,21-22,27-28,32-37,40-48,51-55H,3-9,12-20,23-26,29-31H2,1-2H3,(H,56,57)/b11-10-,22-21-,28-27-/t32-,33-,34-,35+,36+,37-,40-,41-,42+,43-,44-,45-/m1/s1. The van der Waals surface area contributed by atoms with E-state index in [4.69, 9.17) is 18.5 Å². The minimum absolute atomic E-state index is 0.0958. The van der Waals surface area contributed by atoms with Crippen molar-refractivity contribution in [3.05, 3.63) is 36.5 Å². The highest BCUT2D eigenvalue weighted by atomic mass is 31.2. The molecule has 1 unspecified atom stereocenters. The number of phosphoric ester groups is 1. The fourth-order valence-electron chi connectivity index (χ4n) is 7.67. The van der Waals surface area contributed by atoms with E-state index < -0.39 is 112 Å². The number of hydrogen-bond donors (Lipinski definition) is 9. The molecule has 0 aromatic carbocycles. The van der Waals surface area contributed by atoms with Crippen LogP contribution in [0.4, 0.5) is 0 Å². The van der Waals surface area contributed by atoms with Gasteiger partial charge in [0, 0.05) is 24.7 Å². The van der Waals surface area contributed by atoms with Crippen LogP contribution in [0, 0.1) is 11.8 Å². The summed E-state index contributed by atoms with van der Waals surface area (Å²) in [5.74, 6) is -4.24. The zero-order chi connectivity index (χ0) is 45.9. The van der Waals surface area contributed by atoms with E-state index in [2.05, 4.69) is 19.1 Å². The van der Waals surface area contributed by atoms with Gasteiger partial charge in [0.15, 0.2) is 6.10 Å². The predicted molar refractivity (Wildman–Crippen MR) is 232 cm³/mol. The second-order valence-corrected chi connectivity index (χ2v) is 18.3. The van der Waals surface area contributed by atoms with Crippen molar-refractivity contribution in [1.82, 2.24) is 0 Å². The van der Waals surface area contributed by atoms with Crippen LogP contribution in [0.1, 0.15) is 149 Å². The Labute approximate surface area is 368 Å². The molecule has 62 heavy (non-hydrogen) atoms. The van der Waals surface area contributed by atoms with Crippen molar-refractivity contribution in [3.63, 3.8) is 0 Å². The van der Waals surface area contributed by atoms with Gasteiger partial charge in [0.1, 0.15) is 31.0 Å². The first kappa shape index (κ1) is 56.1. The summed E-state index contributed by atoms with van der Waals surface area (Å²) in [5, 5.41) is 89.4. The Morgan fingerprint density at radius 3 is 2.05 bits per heavy atom. The monoisotopic (exact) mass is 907 g/mol. The van der Waals surface area contributed by atoms with Gasteiger partial charge in [0.05, 0.1) is 43.5 Å². The summed E-state index contributed by atoms with van der Waals surface area (Å²) >= 11 is 0. The molecule has 0 amide bonds. The number of aliphatic hydroxyl groups excluding tert-OH is 8. The van der Waals surface area contributed by atoms with E-state index in [0.29, 0.717) is 19.3 Å². The number of hydrogen-bond acceptors (Lipinski definition) is 15. The Morgan fingerprint density at radius 2 is 1.39 bits per heavy atom. The van der Waals surface area contributed by atoms with Crippen LogP contribution >= 0.6 is 7.82 Å². The molecule has 1 fully saturated rings. The zero-order valence-electron chi connectivity index (χ0n) is 37.0. The van der Waals surface area contributed by atoms with Gasteiger partial charge in [-0.05, 0) is 44.9 Å². The van der Waals surface area contributed by atoms with Crippen LogP contribution in [0.25, 0.3) is 0 Å². The van der Waals surface area contributed by atoms with Crippen LogP contribution in [-0.4, -0.2) is 132 Å². The molecule has 0 spiro atoms. The lowest BCUT2D eigenvalue weighted by Crippen LogP contribution is -2.55. The normalized spacial score (nSPS) is 33.1. The summed E-state index contributed by atoms with van der Waals surface area (Å²) in [6, 6.07) is 0. The molecule has 1 heterocycles. The van der Waals surface area contributed by atoms with E-state index in [9.17, 15) is 59.9 Å². The van der Waals surface area contributed by atoms with Gasteiger partial charge >= 0.3 is 19.8 Å². The first-order chi connectivity index (χ1) is 29.6. The molecule has 1 aliphatic heterocycles. The second-order valence-electron chi connectivity index (χ2n) is 16.9. The maximum atomic E-state index is 13.4. The summed E-state index contributed by atoms with van der Waals surface area (Å²) in [6.07, 6.45) is 6.56. The molecule has 17 heteroatoms. The second kappa shape index (κ2) is 31.8. The number of esters is 2. The fourth-order valence-corrected chi connectivity index (χ4v) is 8.64. The number of fused-ring (bicyclic) bond motifs is 4. The van der Waals surface area contributed by atoms with Gasteiger partial charge < -0.3 is 55.2 Å². The number of carbonyl (C=O) groups is 2. The number of ether oxygens (including phenoxy) is 2. The van der Waals surface area contributed by atoms with Gasteiger partial charge in [-0.3, -0.25) is 18.6 Å². The predicted octanol–water partition coefficient (Wildman–Crippen LogP) is 4.99. The number of allylic oxidation sites excluding steroid dienone is 3. The first-order valence-corrected chi connectivity index (χ1v) is 24.5. The third-order valence-corrected chi connectivity index (χ3v) is 12.5. The van der Waals surface area contributed by atoms with E-state index in [1.807, 2.05) is 6.92 Å². The van der Waals surface area contributed by atoms with E-state index in [1.54, 1.807) is 0 Å². The van der Waals surface area contributed by atoms with Crippen molar-refractivity contribution in [1.29, 1.82) is 0 Å². The maximum Gasteiger partial charge on any atom is 0.472 e. The quantitative estimate of drug-likeness (QED) is 0.0283. The molecular weight excluding hydrogens is 827 g/mol. The van der Waals surface area contributed by atoms with Crippen LogP contribution in [0.3, 0.4) is 0 Å². The minimum atomic E-state index is -5.42. The maximum absolute atomic E-state index is 13.4. The average molecular weight is 907 g/mol. The molecule has 0 aromatic heterocycles. The van der Waals surface area contributed by atoms with Crippen LogP contribution in [0.15, 0.2) is 36.5 Å². The molecule has 16 nitrogen and oxygen atoms in total. The van der Waals surface area contributed by atoms with E-state index >= 15 is 0 Å². The van der Waals surface area contributed by atoms with Crippen LogP contribution < -0.4 is 0 Å². The molecule has 1 aliphatic carbocycles. The Balaban J connectivity index is 2.12. The highest BCUT2D eigenvalue weighted by Gasteiger charge is 2.49. The third kappa shape index (κ3) is 22.2. The van der Waals surface area contributed by atoms with Crippen molar-refractivity contribution in [2.24, 2.45) is 11.8 Å². The Bertz CT molecular complexity index is 1360. The average Bonchev–Trinajstić information content (AvgIpc) is 3.23. The fraction of sp³-hybridized carbons (Fsp3) is 0.822. The van der Waals surface area contributed by atoms with Gasteiger partial charge in [-0.15, -0.1) is 0 Å². The molecule has 13 atom stereocenters. The van der Waals surface area contributed by atoms with E-state index in [0.717, 1.165) is 64.2 Å². The minimum Gasteiger partial charge on any atom is -0.462 e. The van der Waals surface area contributed by atoms with Crippen LogP contribution in [0.2, 0.25) is 0 Å². The van der Waals surface area contributed by atoms with Gasteiger partial charge in [-0.2, -0.15) is 0 Å². The van der Waals surface area contributed by atoms with Crippen molar-refractivity contribution in [2.45, 2.75) is 210 Å². The highest BCUT2D eigenvalue weighted by Crippen LogP contribution is 2.47. The molecule has 9 N–H and O–H groups in total. The van der Waals surface area contributed by atoms with Gasteiger partial charge in [0.2, 0.25) is 0 Å². The van der Waals surface area contributed by atoms with Gasteiger partial charge in [-0.1, -0.05) is 121 Å². The van der Waals surface area contributed by atoms with Crippen molar-refractivity contribution < 1.29 is 78.4 Å².